The van der Waals surface area contributed by atoms with Crippen LogP contribution < -0.4 is 0 Å². The number of amides is 2. The molecule has 2 saturated heterocycles. The van der Waals surface area contributed by atoms with Crippen LogP contribution >= 0.6 is 0 Å². The zero-order valence-electron chi connectivity index (χ0n) is 13.8. The molecule has 0 bridgehead atoms. The summed E-state index contributed by atoms with van der Waals surface area (Å²) in [5, 5.41) is 0. The average molecular weight is 334 g/mol. The summed E-state index contributed by atoms with van der Waals surface area (Å²) in [6.45, 7) is 3.61. The van der Waals surface area contributed by atoms with Crippen molar-refractivity contribution in [1.82, 2.24) is 9.80 Å². The fraction of sp³-hybridized carbons (Fsp3) is 0.588. The van der Waals surface area contributed by atoms with Crippen molar-refractivity contribution in [2.45, 2.75) is 32.4 Å². The third kappa shape index (κ3) is 3.67. The molecule has 2 aliphatic heterocycles. The Morgan fingerprint density at radius 1 is 1.38 bits per heavy atom. The maximum absolute atomic E-state index is 12.8. The number of furan rings is 1. The Balaban J connectivity index is 1.64. The van der Waals surface area contributed by atoms with E-state index in [4.69, 9.17) is 9.15 Å². The minimum Gasteiger partial charge on any atom is -0.467 e. The lowest BCUT2D eigenvalue weighted by Gasteiger charge is -2.36. The first-order valence-corrected chi connectivity index (χ1v) is 8.22. The van der Waals surface area contributed by atoms with Crippen molar-refractivity contribution in [3.8, 4) is 0 Å². The highest BCUT2D eigenvalue weighted by Gasteiger charge is 2.39. The SMILES string of the molecule is CC(=O)C[C@H]1COCCN1C(=O)[C@@H]1CC(=O)N(Cc2ccco2)C1. The second kappa shape index (κ2) is 7.17. The number of rotatable bonds is 5. The van der Waals surface area contributed by atoms with E-state index in [2.05, 4.69) is 0 Å². The fourth-order valence-corrected chi connectivity index (χ4v) is 3.36. The van der Waals surface area contributed by atoms with Gasteiger partial charge in [-0.3, -0.25) is 14.4 Å². The Bertz CT molecular complexity index is 613. The lowest BCUT2D eigenvalue weighted by molar-refractivity contribution is -0.145. The molecule has 3 heterocycles. The first-order chi connectivity index (χ1) is 11.5. The van der Waals surface area contributed by atoms with Gasteiger partial charge in [0.15, 0.2) is 0 Å². The van der Waals surface area contributed by atoms with E-state index < -0.39 is 0 Å². The molecule has 0 N–H and O–H groups in total. The fourth-order valence-electron chi connectivity index (χ4n) is 3.36. The molecule has 0 saturated carbocycles. The van der Waals surface area contributed by atoms with Crippen LogP contribution in [-0.2, 0) is 25.7 Å². The molecule has 7 heteroatoms. The highest BCUT2D eigenvalue weighted by molar-refractivity contribution is 5.89. The number of hydrogen-bond acceptors (Lipinski definition) is 5. The van der Waals surface area contributed by atoms with Crippen LogP contribution in [0.4, 0.5) is 0 Å². The number of carbonyl (C=O) groups is 3. The van der Waals surface area contributed by atoms with Crippen molar-refractivity contribution < 1.29 is 23.5 Å². The molecule has 24 heavy (non-hydrogen) atoms. The van der Waals surface area contributed by atoms with Gasteiger partial charge >= 0.3 is 0 Å². The van der Waals surface area contributed by atoms with Gasteiger partial charge in [0.05, 0.1) is 38.0 Å². The normalized spacial score (nSPS) is 24.5. The van der Waals surface area contributed by atoms with Crippen LogP contribution in [0.1, 0.15) is 25.5 Å². The van der Waals surface area contributed by atoms with Crippen molar-refractivity contribution in [3.63, 3.8) is 0 Å². The van der Waals surface area contributed by atoms with Gasteiger partial charge in [0.25, 0.3) is 0 Å². The van der Waals surface area contributed by atoms with Crippen molar-refractivity contribution in [2.24, 2.45) is 5.92 Å². The van der Waals surface area contributed by atoms with E-state index in [1.807, 2.05) is 6.07 Å². The van der Waals surface area contributed by atoms with Crippen LogP contribution in [0, 0.1) is 5.92 Å². The summed E-state index contributed by atoms with van der Waals surface area (Å²) >= 11 is 0. The monoisotopic (exact) mass is 334 g/mol. The van der Waals surface area contributed by atoms with Crippen molar-refractivity contribution in [3.05, 3.63) is 24.2 Å². The molecule has 0 spiro atoms. The Kier molecular flexibility index (Phi) is 4.99. The molecule has 7 nitrogen and oxygen atoms in total. The van der Waals surface area contributed by atoms with Crippen molar-refractivity contribution in [2.75, 3.05) is 26.3 Å². The van der Waals surface area contributed by atoms with E-state index in [0.29, 0.717) is 45.0 Å². The van der Waals surface area contributed by atoms with Crippen LogP contribution in [0.25, 0.3) is 0 Å². The van der Waals surface area contributed by atoms with Gasteiger partial charge in [0.1, 0.15) is 11.5 Å². The second-order valence-corrected chi connectivity index (χ2v) is 6.42. The van der Waals surface area contributed by atoms with E-state index in [-0.39, 0.29) is 36.0 Å². The van der Waals surface area contributed by atoms with Crippen molar-refractivity contribution >= 4 is 17.6 Å². The minimum atomic E-state index is -0.361. The predicted molar refractivity (Wildman–Crippen MR) is 83.9 cm³/mol. The number of ether oxygens (including phenoxy) is 1. The molecule has 1 aromatic rings. The Morgan fingerprint density at radius 3 is 2.92 bits per heavy atom. The predicted octanol–water partition coefficient (Wildman–Crippen LogP) is 0.835. The quantitative estimate of drug-likeness (QED) is 0.797. The van der Waals surface area contributed by atoms with Gasteiger partial charge in [-0.15, -0.1) is 0 Å². The molecular formula is C17H22N2O5. The Hall–Kier alpha value is -2.15. The van der Waals surface area contributed by atoms with Crippen molar-refractivity contribution in [1.29, 1.82) is 0 Å². The molecule has 1 aromatic heterocycles. The van der Waals surface area contributed by atoms with Gasteiger partial charge in [-0.05, 0) is 19.1 Å². The van der Waals surface area contributed by atoms with Crippen LogP contribution in [0.3, 0.4) is 0 Å². The molecule has 2 amide bonds. The summed E-state index contributed by atoms with van der Waals surface area (Å²) in [6.07, 6.45) is 2.07. The maximum Gasteiger partial charge on any atom is 0.228 e. The highest BCUT2D eigenvalue weighted by Crippen LogP contribution is 2.24. The summed E-state index contributed by atoms with van der Waals surface area (Å²) in [7, 11) is 0. The topological polar surface area (TPSA) is 80.1 Å². The van der Waals surface area contributed by atoms with Crippen LogP contribution in [-0.4, -0.2) is 59.7 Å². The van der Waals surface area contributed by atoms with Crippen LogP contribution in [0.2, 0.25) is 0 Å². The summed E-state index contributed by atoms with van der Waals surface area (Å²) in [4.78, 5) is 39.8. The lowest BCUT2D eigenvalue weighted by Crippen LogP contribution is -2.51. The zero-order chi connectivity index (χ0) is 17.1. The Labute approximate surface area is 140 Å². The number of carbonyl (C=O) groups excluding carboxylic acids is 3. The number of nitrogens with zero attached hydrogens (tertiary/aromatic N) is 2. The summed E-state index contributed by atoms with van der Waals surface area (Å²) in [6, 6.07) is 3.37. The Morgan fingerprint density at radius 2 is 2.21 bits per heavy atom. The van der Waals surface area contributed by atoms with Gasteiger partial charge in [-0.25, -0.2) is 0 Å². The highest BCUT2D eigenvalue weighted by atomic mass is 16.5. The molecule has 0 aliphatic carbocycles. The van der Waals surface area contributed by atoms with Gasteiger partial charge < -0.3 is 19.0 Å². The van der Waals surface area contributed by atoms with Gasteiger partial charge in [0.2, 0.25) is 11.8 Å². The van der Waals surface area contributed by atoms with E-state index in [9.17, 15) is 14.4 Å². The first-order valence-electron chi connectivity index (χ1n) is 8.22. The number of likely N-dealkylation sites (tertiary alicyclic amines) is 1. The summed E-state index contributed by atoms with van der Waals surface area (Å²) < 4.78 is 10.7. The molecule has 0 unspecified atom stereocenters. The number of ketones is 1. The van der Waals surface area contributed by atoms with E-state index in [1.165, 1.54) is 6.92 Å². The van der Waals surface area contributed by atoms with E-state index >= 15 is 0 Å². The van der Waals surface area contributed by atoms with Crippen LogP contribution in [0.5, 0.6) is 0 Å². The van der Waals surface area contributed by atoms with Gasteiger partial charge in [0, 0.05) is 25.9 Å². The zero-order valence-corrected chi connectivity index (χ0v) is 13.8. The number of hydrogen-bond donors (Lipinski definition) is 0. The molecular weight excluding hydrogens is 312 g/mol. The van der Waals surface area contributed by atoms with Gasteiger partial charge in [-0.2, -0.15) is 0 Å². The lowest BCUT2D eigenvalue weighted by atomic mass is 10.0. The van der Waals surface area contributed by atoms with Gasteiger partial charge in [-0.1, -0.05) is 0 Å². The van der Waals surface area contributed by atoms with Crippen LogP contribution in [0.15, 0.2) is 22.8 Å². The van der Waals surface area contributed by atoms with E-state index in [1.54, 1.807) is 22.1 Å². The average Bonchev–Trinajstić information content (AvgIpc) is 3.18. The molecule has 2 fully saturated rings. The summed E-state index contributed by atoms with van der Waals surface area (Å²) in [5.41, 5.74) is 0. The third-order valence-electron chi connectivity index (χ3n) is 4.52. The molecule has 3 rings (SSSR count). The number of Topliss-reactive ketones (excluding diaryl/α,β-unsaturated/α-hetero) is 1. The standard InChI is InChI=1S/C17H22N2O5/c1-12(20)7-14-11-23-6-4-19(14)17(22)13-8-16(21)18(9-13)10-15-3-2-5-24-15/h2-3,5,13-14H,4,6-11H2,1H3/t13-,14+/m1/s1. The molecule has 2 atom stereocenters. The van der Waals surface area contributed by atoms with E-state index in [0.717, 1.165) is 0 Å². The second-order valence-electron chi connectivity index (χ2n) is 6.42. The largest absolute Gasteiger partial charge is 0.467 e. The molecule has 130 valence electrons. The third-order valence-corrected chi connectivity index (χ3v) is 4.52. The number of morpholine rings is 1. The molecule has 0 radical (unpaired) electrons. The first kappa shape index (κ1) is 16.7. The molecule has 0 aromatic carbocycles. The molecule has 2 aliphatic rings. The summed E-state index contributed by atoms with van der Waals surface area (Å²) in [5.74, 6) is 0.281. The minimum absolute atomic E-state index is 0.0326. The smallest absolute Gasteiger partial charge is 0.228 e. The maximum atomic E-state index is 12.8.